The first-order valence-corrected chi connectivity index (χ1v) is 6.10. The Balaban J connectivity index is 2.42. The van der Waals surface area contributed by atoms with Crippen molar-refractivity contribution in [3.8, 4) is 0 Å². The van der Waals surface area contributed by atoms with Crippen LogP contribution in [0.5, 0.6) is 0 Å². The summed E-state index contributed by atoms with van der Waals surface area (Å²) < 4.78 is 6.01. The van der Waals surface area contributed by atoms with Crippen molar-refractivity contribution in [3.63, 3.8) is 0 Å². The summed E-state index contributed by atoms with van der Waals surface area (Å²) in [4.78, 5) is 36.2. The maximum Gasteiger partial charge on any atom is 0.330 e. The van der Waals surface area contributed by atoms with E-state index >= 15 is 0 Å². The Kier molecular flexibility index (Phi) is 4.23. The summed E-state index contributed by atoms with van der Waals surface area (Å²) in [5.41, 5.74) is 3.25. The third-order valence-electron chi connectivity index (χ3n) is 3.20. The van der Waals surface area contributed by atoms with Gasteiger partial charge in [0.15, 0.2) is 6.23 Å². The number of aromatic amines is 1. The molecule has 0 saturated carbocycles. The van der Waals surface area contributed by atoms with Gasteiger partial charge in [0.25, 0.3) is 5.56 Å². The molecule has 1 amide bonds. The fourth-order valence-electron chi connectivity index (χ4n) is 2.14. The van der Waals surface area contributed by atoms with Crippen LogP contribution in [0.1, 0.15) is 11.8 Å². The van der Waals surface area contributed by atoms with E-state index in [0.717, 1.165) is 10.8 Å². The first-order chi connectivity index (χ1) is 9.85. The van der Waals surface area contributed by atoms with Crippen LogP contribution >= 0.6 is 0 Å². The number of aromatic nitrogens is 2. The van der Waals surface area contributed by atoms with Crippen molar-refractivity contribution in [1.29, 1.82) is 0 Å². The fourth-order valence-corrected chi connectivity index (χ4v) is 2.14. The second kappa shape index (κ2) is 5.77. The second-order valence-electron chi connectivity index (χ2n) is 4.69. The average molecular weight is 301 g/mol. The predicted octanol–water partition coefficient (Wildman–Crippen LogP) is -3.82. The molecule has 116 valence electrons. The van der Waals surface area contributed by atoms with E-state index in [1.54, 1.807) is 0 Å². The van der Waals surface area contributed by atoms with E-state index < -0.39 is 54.7 Å². The fraction of sp³-hybridized carbons (Fsp3) is 0.545. The number of nitrogens with one attached hydrogen (secondary N) is 1. The normalized spacial score (nSPS) is 28.7. The Labute approximate surface area is 117 Å². The molecule has 1 saturated heterocycles. The molecule has 2 heterocycles. The van der Waals surface area contributed by atoms with Gasteiger partial charge in [0, 0.05) is 11.8 Å². The number of nitrogens with two attached hydrogens (primary N) is 1. The van der Waals surface area contributed by atoms with E-state index in [1.165, 1.54) is 0 Å². The number of nitrogens with zero attached hydrogens (tertiary/aromatic N) is 1. The summed E-state index contributed by atoms with van der Waals surface area (Å²) in [5.74, 6) is -0.771. The third kappa shape index (κ3) is 2.88. The smallest absolute Gasteiger partial charge is 0.330 e. The Bertz CT molecular complexity index is 652. The minimum atomic E-state index is -1.48. The molecule has 4 unspecified atom stereocenters. The van der Waals surface area contributed by atoms with Crippen LogP contribution in [0.4, 0.5) is 0 Å². The molecule has 2 rings (SSSR count). The van der Waals surface area contributed by atoms with Gasteiger partial charge in [0.05, 0.1) is 13.0 Å². The molecular formula is C11H15N3O7. The van der Waals surface area contributed by atoms with Gasteiger partial charge in [0.2, 0.25) is 5.91 Å². The van der Waals surface area contributed by atoms with Crippen molar-refractivity contribution in [3.05, 3.63) is 32.6 Å². The first kappa shape index (κ1) is 15.4. The average Bonchev–Trinajstić information content (AvgIpc) is 2.69. The maximum atomic E-state index is 11.8. The number of aliphatic hydroxyl groups excluding tert-OH is 3. The molecule has 1 fully saturated rings. The van der Waals surface area contributed by atoms with Gasteiger partial charge in [-0.05, 0) is 0 Å². The number of H-pyrrole nitrogens is 1. The molecule has 0 bridgehead atoms. The van der Waals surface area contributed by atoms with E-state index in [4.69, 9.17) is 15.6 Å². The van der Waals surface area contributed by atoms with E-state index in [9.17, 15) is 24.6 Å². The molecule has 1 aromatic heterocycles. The zero-order valence-electron chi connectivity index (χ0n) is 10.8. The number of carbonyl (C=O) groups excluding carboxylic acids is 1. The van der Waals surface area contributed by atoms with Crippen LogP contribution in [0.15, 0.2) is 15.8 Å². The number of rotatable bonds is 4. The highest BCUT2D eigenvalue weighted by Gasteiger charge is 2.43. The molecule has 10 heteroatoms. The van der Waals surface area contributed by atoms with Gasteiger partial charge in [-0.1, -0.05) is 0 Å². The summed E-state index contributed by atoms with van der Waals surface area (Å²) in [5, 5.41) is 28.5. The first-order valence-electron chi connectivity index (χ1n) is 6.10. The number of primary amides is 1. The minimum Gasteiger partial charge on any atom is -0.394 e. The van der Waals surface area contributed by atoms with Crippen LogP contribution in [-0.4, -0.2) is 55.7 Å². The molecule has 0 radical (unpaired) electrons. The topological polar surface area (TPSA) is 168 Å². The van der Waals surface area contributed by atoms with Crippen molar-refractivity contribution in [2.75, 3.05) is 6.61 Å². The van der Waals surface area contributed by atoms with Gasteiger partial charge in [0.1, 0.15) is 18.3 Å². The number of carbonyl (C=O) groups is 1. The molecule has 1 aliphatic heterocycles. The molecule has 6 N–H and O–H groups in total. The zero-order valence-corrected chi connectivity index (χ0v) is 10.8. The molecule has 4 atom stereocenters. The van der Waals surface area contributed by atoms with Crippen molar-refractivity contribution < 1.29 is 24.9 Å². The molecule has 10 nitrogen and oxygen atoms in total. The summed E-state index contributed by atoms with van der Waals surface area (Å²) in [6.45, 7) is -0.555. The summed E-state index contributed by atoms with van der Waals surface area (Å²) >= 11 is 0. The molecule has 1 aliphatic rings. The lowest BCUT2D eigenvalue weighted by atomic mass is 10.1. The lowest BCUT2D eigenvalue weighted by Crippen LogP contribution is -2.39. The molecule has 0 aromatic carbocycles. The summed E-state index contributed by atoms with van der Waals surface area (Å²) in [7, 11) is 0. The predicted molar refractivity (Wildman–Crippen MR) is 67.2 cm³/mol. The van der Waals surface area contributed by atoms with Gasteiger partial charge < -0.3 is 25.8 Å². The molecule has 0 spiro atoms. The van der Waals surface area contributed by atoms with Crippen LogP contribution in [0.2, 0.25) is 0 Å². The highest BCUT2D eigenvalue weighted by molar-refractivity contribution is 5.76. The summed E-state index contributed by atoms with van der Waals surface area (Å²) in [6.07, 6.45) is -4.60. The summed E-state index contributed by atoms with van der Waals surface area (Å²) in [6, 6.07) is 0. The Hall–Kier alpha value is -2.01. The van der Waals surface area contributed by atoms with Crippen LogP contribution in [0.3, 0.4) is 0 Å². The molecule has 0 aliphatic carbocycles. The van der Waals surface area contributed by atoms with Crippen LogP contribution in [0, 0.1) is 0 Å². The minimum absolute atomic E-state index is 0.0835. The number of aliphatic hydroxyl groups is 3. The quantitative estimate of drug-likeness (QED) is 0.379. The lowest BCUT2D eigenvalue weighted by Gasteiger charge is -2.17. The Morgan fingerprint density at radius 3 is 2.57 bits per heavy atom. The van der Waals surface area contributed by atoms with Crippen LogP contribution < -0.4 is 17.0 Å². The number of hydrogen-bond donors (Lipinski definition) is 5. The Morgan fingerprint density at radius 2 is 2.05 bits per heavy atom. The Morgan fingerprint density at radius 1 is 1.38 bits per heavy atom. The van der Waals surface area contributed by atoms with Crippen molar-refractivity contribution in [1.82, 2.24) is 9.55 Å². The van der Waals surface area contributed by atoms with Crippen molar-refractivity contribution in [2.24, 2.45) is 5.73 Å². The largest absolute Gasteiger partial charge is 0.394 e. The van der Waals surface area contributed by atoms with Gasteiger partial charge in [-0.25, -0.2) is 4.79 Å². The second-order valence-corrected chi connectivity index (χ2v) is 4.69. The van der Waals surface area contributed by atoms with Crippen LogP contribution in [0.25, 0.3) is 0 Å². The number of hydrogen-bond acceptors (Lipinski definition) is 7. The molecule has 1 aromatic rings. The van der Waals surface area contributed by atoms with E-state index in [0.29, 0.717) is 0 Å². The van der Waals surface area contributed by atoms with E-state index in [1.807, 2.05) is 4.98 Å². The van der Waals surface area contributed by atoms with Crippen LogP contribution in [-0.2, 0) is 16.0 Å². The SMILES string of the molecule is NC(=O)Cc1cn(C2OC(CO)C(O)C2O)c(=O)[nH]c1=O. The molecule has 21 heavy (non-hydrogen) atoms. The number of ether oxygens (including phenoxy) is 1. The highest BCUT2D eigenvalue weighted by Crippen LogP contribution is 2.27. The van der Waals surface area contributed by atoms with Gasteiger partial charge >= 0.3 is 5.69 Å². The maximum absolute atomic E-state index is 11.8. The van der Waals surface area contributed by atoms with E-state index in [-0.39, 0.29) is 5.56 Å². The third-order valence-corrected chi connectivity index (χ3v) is 3.20. The van der Waals surface area contributed by atoms with Crippen molar-refractivity contribution in [2.45, 2.75) is 31.0 Å². The molecular weight excluding hydrogens is 286 g/mol. The van der Waals surface area contributed by atoms with Crippen molar-refractivity contribution >= 4 is 5.91 Å². The van der Waals surface area contributed by atoms with Gasteiger partial charge in [-0.2, -0.15) is 0 Å². The number of amides is 1. The highest BCUT2D eigenvalue weighted by atomic mass is 16.6. The van der Waals surface area contributed by atoms with Gasteiger partial charge in [-0.3, -0.25) is 19.1 Å². The zero-order chi connectivity index (χ0) is 15.7. The monoisotopic (exact) mass is 301 g/mol. The lowest BCUT2D eigenvalue weighted by molar-refractivity contribution is -0.117. The standard InChI is InChI=1S/C11H15N3O7/c12-6(16)1-4-2-14(11(20)13-9(4)19)10-8(18)7(17)5(3-15)21-10/h2,5,7-8,10,15,17-18H,1,3H2,(H2,12,16)(H,13,19,20). The van der Waals surface area contributed by atoms with E-state index in [2.05, 4.69) is 0 Å². The van der Waals surface area contributed by atoms with Gasteiger partial charge in [-0.15, -0.1) is 0 Å².